The lowest BCUT2D eigenvalue weighted by Gasteiger charge is -2.16. The first kappa shape index (κ1) is 9.81. The lowest BCUT2D eigenvalue weighted by atomic mass is 9.98. The first-order valence-corrected chi connectivity index (χ1v) is 5.05. The monoisotopic (exact) mass is 212 g/mol. The Labute approximate surface area is 88.1 Å². The Balaban J connectivity index is 2.65. The summed E-state index contributed by atoms with van der Waals surface area (Å²) < 4.78 is 0. The van der Waals surface area contributed by atoms with Crippen LogP contribution in [-0.2, 0) is 5.60 Å². The molecule has 2 N–H and O–H groups in total. The summed E-state index contributed by atoms with van der Waals surface area (Å²) >= 11 is 6.07. The molecule has 0 heterocycles. The number of rotatable bonds is 1. The average Bonchev–Trinajstić information content (AvgIpc) is 2.80. The van der Waals surface area contributed by atoms with Crippen LogP contribution in [0, 0.1) is 13.8 Å². The zero-order valence-corrected chi connectivity index (χ0v) is 9.02. The van der Waals surface area contributed by atoms with Crippen molar-refractivity contribution in [2.75, 3.05) is 0 Å². The van der Waals surface area contributed by atoms with E-state index in [1.165, 1.54) is 0 Å². The minimum Gasteiger partial charge on any atom is -0.508 e. The largest absolute Gasteiger partial charge is 0.508 e. The van der Waals surface area contributed by atoms with Crippen LogP contribution in [0.1, 0.15) is 29.5 Å². The molecule has 76 valence electrons. The maximum atomic E-state index is 9.96. The molecule has 14 heavy (non-hydrogen) atoms. The normalized spacial score (nSPS) is 18.3. The van der Waals surface area contributed by atoms with Crippen LogP contribution in [0.4, 0.5) is 0 Å². The third-order valence-corrected chi connectivity index (χ3v) is 3.43. The molecular formula is C11H13ClO2. The van der Waals surface area contributed by atoms with Gasteiger partial charge in [-0.3, -0.25) is 0 Å². The van der Waals surface area contributed by atoms with E-state index in [0.717, 1.165) is 11.1 Å². The van der Waals surface area contributed by atoms with Crippen molar-refractivity contribution in [2.45, 2.75) is 32.3 Å². The van der Waals surface area contributed by atoms with Crippen molar-refractivity contribution in [2.24, 2.45) is 0 Å². The number of halogens is 1. The summed E-state index contributed by atoms with van der Waals surface area (Å²) in [7, 11) is 0. The molecule has 1 aliphatic carbocycles. The van der Waals surface area contributed by atoms with Crippen LogP contribution in [0.3, 0.4) is 0 Å². The van der Waals surface area contributed by atoms with E-state index in [1.807, 2.05) is 13.8 Å². The summed E-state index contributed by atoms with van der Waals surface area (Å²) in [6, 6.07) is 1.61. The van der Waals surface area contributed by atoms with E-state index >= 15 is 0 Å². The fourth-order valence-corrected chi connectivity index (χ4v) is 2.04. The summed E-state index contributed by atoms with van der Waals surface area (Å²) in [5.41, 5.74) is 1.41. The predicted molar refractivity (Wildman–Crippen MR) is 55.7 cm³/mol. The third kappa shape index (κ3) is 1.30. The summed E-state index contributed by atoms with van der Waals surface area (Å²) in [5, 5.41) is 20.3. The van der Waals surface area contributed by atoms with Crippen molar-refractivity contribution in [3.05, 3.63) is 27.8 Å². The standard InChI is InChI=1S/C11H13ClO2/c1-6-5-8(13)9(7(2)10(6)12)11(14)3-4-11/h5,13-14H,3-4H2,1-2H3. The minimum absolute atomic E-state index is 0.157. The Bertz CT molecular complexity index is 395. The molecule has 0 aliphatic heterocycles. The number of aromatic hydroxyl groups is 1. The second kappa shape index (κ2) is 2.88. The molecule has 2 nitrogen and oxygen atoms in total. The maximum absolute atomic E-state index is 9.96. The van der Waals surface area contributed by atoms with Crippen molar-refractivity contribution in [1.29, 1.82) is 0 Å². The molecule has 1 fully saturated rings. The van der Waals surface area contributed by atoms with Crippen LogP contribution < -0.4 is 0 Å². The van der Waals surface area contributed by atoms with Crippen LogP contribution in [0.5, 0.6) is 5.75 Å². The van der Waals surface area contributed by atoms with E-state index in [-0.39, 0.29) is 5.75 Å². The molecule has 3 heteroatoms. The van der Waals surface area contributed by atoms with E-state index in [9.17, 15) is 10.2 Å². The molecule has 0 aromatic heterocycles. The number of benzene rings is 1. The minimum atomic E-state index is -0.828. The van der Waals surface area contributed by atoms with Gasteiger partial charge in [0.1, 0.15) is 5.75 Å². The van der Waals surface area contributed by atoms with E-state index in [0.29, 0.717) is 23.4 Å². The van der Waals surface area contributed by atoms with Gasteiger partial charge in [-0.2, -0.15) is 0 Å². The Morgan fingerprint density at radius 3 is 2.43 bits per heavy atom. The molecule has 1 aliphatic rings. The fraction of sp³-hybridized carbons (Fsp3) is 0.455. The molecule has 0 unspecified atom stereocenters. The summed E-state index contributed by atoms with van der Waals surface area (Å²) in [5.74, 6) is 0.157. The molecule has 0 bridgehead atoms. The van der Waals surface area contributed by atoms with Gasteiger partial charge in [-0.15, -0.1) is 0 Å². The van der Waals surface area contributed by atoms with Crippen molar-refractivity contribution in [3.8, 4) is 5.75 Å². The number of phenolic OH excluding ortho intramolecular Hbond substituents is 1. The second-order valence-corrected chi connectivity index (χ2v) is 4.44. The number of hydrogen-bond donors (Lipinski definition) is 2. The van der Waals surface area contributed by atoms with E-state index in [4.69, 9.17) is 11.6 Å². The molecule has 0 amide bonds. The van der Waals surface area contributed by atoms with Crippen LogP contribution >= 0.6 is 11.6 Å². The highest BCUT2D eigenvalue weighted by atomic mass is 35.5. The smallest absolute Gasteiger partial charge is 0.122 e. The Morgan fingerprint density at radius 1 is 1.36 bits per heavy atom. The Hall–Kier alpha value is -0.730. The maximum Gasteiger partial charge on any atom is 0.122 e. The molecule has 0 saturated heterocycles. The highest BCUT2D eigenvalue weighted by Gasteiger charge is 2.45. The lowest BCUT2D eigenvalue weighted by molar-refractivity contribution is 0.147. The van der Waals surface area contributed by atoms with Gasteiger partial charge in [-0.1, -0.05) is 11.6 Å². The summed E-state index contributed by atoms with van der Waals surface area (Å²) in [6.07, 6.45) is 1.42. The fourth-order valence-electron chi connectivity index (χ4n) is 1.89. The Kier molecular flexibility index (Phi) is 2.02. The summed E-state index contributed by atoms with van der Waals surface area (Å²) in [6.45, 7) is 3.68. The van der Waals surface area contributed by atoms with Crippen molar-refractivity contribution < 1.29 is 10.2 Å². The predicted octanol–water partition coefficient (Wildman–Crippen LogP) is 2.64. The number of hydrogen-bond acceptors (Lipinski definition) is 2. The highest BCUT2D eigenvalue weighted by molar-refractivity contribution is 6.32. The van der Waals surface area contributed by atoms with Gasteiger partial charge in [-0.05, 0) is 43.9 Å². The van der Waals surface area contributed by atoms with Gasteiger partial charge in [0, 0.05) is 10.6 Å². The highest BCUT2D eigenvalue weighted by Crippen LogP contribution is 2.51. The van der Waals surface area contributed by atoms with Gasteiger partial charge in [0.05, 0.1) is 5.60 Å². The topological polar surface area (TPSA) is 40.5 Å². The van der Waals surface area contributed by atoms with Gasteiger partial charge in [0.25, 0.3) is 0 Å². The third-order valence-electron chi connectivity index (χ3n) is 2.85. The molecule has 2 rings (SSSR count). The molecular weight excluding hydrogens is 200 g/mol. The van der Waals surface area contributed by atoms with Gasteiger partial charge < -0.3 is 10.2 Å². The molecule has 0 atom stereocenters. The quantitative estimate of drug-likeness (QED) is 0.752. The average molecular weight is 213 g/mol. The summed E-state index contributed by atoms with van der Waals surface area (Å²) in [4.78, 5) is 0. The zero-order valence-electron chi connectivity index (χ0n) is 8.26. The number of phenols is 1. The van der Waals surface area contributed by atoms with Gasteiger partial charge >= 0.3 is 0 Å². The molecule has 1 aromatic carbocycles. The first-order valence-electron chi connectivity index (χ1n) is 4.67. The number of aliphatic hydroxyl groups is 1. The first-order chi connectivity index (χ1) is 6.46. The van der Waals surface area contributed by atoms with Gasteiger partial charge in [-0.25, -0.2) is 0 Å². The second-order valence-electron chi connectivity index (χ2n) is 4.06. The molecule has 0 radical (unpaired) electrons. The number of aryl methyl sites for hydroxylation is 1. The van der Waals surface area contributed by atoms with Crippen molar-refractivity contribution in [3.63, 3.8) is 0 Å². The van der Waals surface area contributed by atoms with Crippen LogP contribution in [0.25, 0.3) is 0 Å². The van der Waals surface area contributed by atoms with Crippen molar-refractivity contribution in [1.82, 2.24) is 0 Å². The SMILES string of the molecule is Cc1cc(O)c(C2(O)CC2)c(C)c1Cl. The van der Waals surface area contributed by atoms with Crippen molar-refractivity contribution >= 4 is 11.6 Å². The molecule has 0 spiro atoms. The molecule has 1 aromatic rings. The van der Waals surface area contributed by atoms with Gasteiger partial charge in [0.15, 0.2) is 0 Å². The van der Waals surface area contributed by atoms with E-state index in [1.54, 1.807) is 6.07 Å². The van der Waals surface area contributed by atoms with Crippen LogP contribution in [-0.4, -0.2) is 10.2 Å². The van der Waals surface area contributed by atoms with Gasteiger partial charge in [0.2, 0.25) is 0 Å². The lowest BCUT2D eigenvalue weighted by Crippen LogP contribution is -2.08. The molecule has 1 saturated carbocycles. The van der Waals surface area contributed by atoms with E-state index < -0.39 is 5.60 Å². The zero-order chi connectivity index (χ0) is 10.5. The Morgan fingerprint density at radius 2 is 1.93 bits per heavy atom. The van der Waals surface area contributed by atoms with Crippen LogP contribution in [0.2, 0.25) is 5.02 Å². The van der Waals surface area contributed by atoms with E-state index in [2.05, 4.69) is 0 Å². The van der Waals surface area contributed by atoms with Crippen LogP contribution in [0.15, 0.2) is 6.07 Å².